The summed E-state index contributed by atoms with van der Waals surface area (Å²) in [5.74, 6) is 0. The third-order valence-electron chi connectivity index (χ3n) is 3.01. The third-order valence-corrected chi connectivity index (χ3v) is 3.40. The van der Waals surface area contributed by atoms with Crippen molar-refractivity contribution in [2.75, 3.05) is 0 Å². The van der Waals surface area contributed by atoms with Crippen molar-refractivity contribution >= 4 is 28.2 Å². The monoisotopic (exact) mass is 272 g/mol. The van der Waals surface area contributed by atoms with Gasteiger partial charge in [0.2, 0.25) is 0 Å². The highest BCUT2D eigenvalue weighted by atomic mass is 35.5. The molecule has 3 rings (SSSR count). The first-order chi connectivity index (χ1) is 9.16. The van der Waals surface area contributed by atoms with Crippen molar-refractivity contribution in [2.45, 2.75) is 0 Å². The number of H-pyrrole nitrogens is 1. The largest absolute Gasteiger partial charge is 0.353 e. The molecule has 0 bridgehead atoms. The minimum Gasteiger partial charge on any atom is -0.353 e. The van der Waals surface area contributed by atoms with E-state index >= 15 is 0 Å². The van der Waals surface area contributed by atoms with Gasteiger partial charge in [0.15, 0.2) is 0 Å². The summed E-state index contributed by atoms with van der Waals surface area (Å²) in [6.45, 7) is 0. The zero-order chi connectivity index (χ0) is 13.4. The predicted octanol–water partition coefficient (Wildman–Crippen LogP) is 4.40. The van der Waals surface area contributed by atoms with Crippen molar-refractivity contribution in [3.05, 3.63) is 63.7 Å². The van der Waals surface area contributed by atoms with Crippen LogP contribution in [0.2, 0.25) is 5.02 Å². The highest BCUT2D eigenvalue weighted by Crippen LogP contribution is 2.34. The van der Waals surface area contributed by atoms with Crippen LogP contribution in [0.1, 0.15) is 0 Å². The molecule has 0 amide bonds. The molecule has 1 aromatic heterocycles. The number of fused-ring (bicyclic) bond motifs is 1. The molecule has 0 atom stereocenters. The number of aromatic amines is 1. The van der Waals surface area contributed by atoms with Gasteiger partial charge in [-0.05, 0) is 23.8 Å². The summed E-state index contributed by atoms with van der Waals surface area (Å²) in [5, 5.41) is 12.2. The number of non-ortho nitro benzene ring substituents is 1. The number of rotatable bonds is 2. The Labute approximate surface area is 113 Å². The van der Waals surface area contributed by atoms with Crippen molar-refractivity contribution in [1.29, 1.82) is 0 Å². The number of halogens is 1. The number of benzene rings is 2. The van der Waals surface area contributed by atoms with Crippen LogP contribution in [0.15, 0.2) is 48.5 Å². The van der Waals surface area contributed by atoms with E-state index in [1.54, 1.807) is 12.1 Å². The Morgan fingerprint density at radius 2 is 1.74 bits per heavy atom. The summed E-state index contributed by atoms with van der Waals surface area (Å²) in [4.78, 5) is 13.4. The van der Waals surface area contributed by atoms with E-state index < -0.39 is 4.92 Å². The molecular formula is C14H9ClN2O2. The maximum absolute atomic E-state index is 10.6. The summed E-state index contributed by atoms with van der Waals surface area (Å²) >= 11 is 6.33. The first kappa shape index (κ1) is 11.7. The molecular weight excluding hydrogens is 264 g/mol. The molecule has 0 aliphatic rings. The molecule has 1 N–H and O–H groups in total. The second-order valence-corrected chi connectivity index (χ2v) is 4.54. The predicted molar refractivity (Wildman–Crippen MR) is 75.4 cm³/mol. The fourth-order valence-corrected chi connectivity index (χ4v) is 2.38. The zero-order valence-corrected chi connectivity index (χ0v) is 10.5. The number of aromatic nitrogens is 1. The summed E-state index contributed by atoms with van der Waals surface area (Å²) in [6, 6.07) is 14.0. The van der Waals surface area contributed by atoms with Crippen molar-refractivity contribution in [2.24, 2.45) is 0 Å². The van der Waals surface area contributed by atoms with Crippen LogP contribution in [0.3, 0.4) is 0 Å². The Morgan fingerprint density at radius 3 is 2.37 bits per heavy atom. The summed E-state index contributed by atoms with van der Waals surface area (Å²) in [6.07, 6.45) is 0. The van der Waals surface area contributed by atoms with Gasteiger partial charge in [0, 0.05) is 23.0 Å². The van der Waals surface area contributed by atoms with Gasteiger partial charge in [0.25, 0.3) is 5.69 Å². The van der Waals surface area contributed by atoms with Gasteiger partial charge in [-0.2, -0.15) is 0 Å². The Morgan fingerprint density at radius 1 is 1.05 bits per heavy atom. The van der Waals surface area contributed by atoms with E-state index in [2.05, 4.69) is 4.98 Å². The van der Waals surface area contributed by atoms with Gasteiger partial charge < -0.3 is 4.98 Å². The normalized spacial score (nSPS) is 10.8. The number of nitro groups is 1. The average Bonchev–Trinajstić information content (AvgIpc) is 2.77. The molecule has 0 radical (unpaired) electrons. The van der Waals surface area contributed by atoms with Gasteiger partial charge in [-0.15, -0.1) is 0 Å². The van der Waals surface area contributed by atoms with Gasteiger partial charge in [-0.3, -0.25) is 10.1 Å². The van der Waals surface area contributed by atoms with Gasteiger partial charge in [0.05, 0.1) is 15.6 Å². The van der Waals surface area contributed by atoms with Crippen LogP contribution >= 0.6 is 11.6 Å². The average molecular weight is 273 g/mol. The Bertz CT molecular complexity index is 763. The maximum Gasteiger partial charge on any atom is 0.269 e. The number of nitrogens with zero attached hydrogens (tertiary/aromatic N) is 1. The van der Waals surface area contributed by atoms with Crippen LogP contribution in [0.4, 0.5) is 5.69 Å². The molecule has 0 saturated heterocycles. The Kier molecular flexibility index (Phi) is 2.72. The fourth-order valence-electron chi connectivity index (χ4n) is 2.06. The van der Waals surface area contributed by atoms with Gasteiger partial charge in [-0.25, -0.2) is 0 Å². The lowest BCUT2D eigenvalue weighted by atomic mass is 10.1. The SMILES string of the molecule is O=[N+]([O-])c1ccc(-c2[nH]c3ccccc3c2Cl)cc1. The van der Waals surface area contributed by atoms with Crippen molar-refractivity contribution in [3.8, 4) is 11.3 Å². The van der Waals surface area contributed by atoms with E-state index in [1.807, 2.05) is 24.3 Å². The van der Waals surface area contributed by atoms with E-state index in [0.717, 1.165) is 22.2 Å². The van der Waals surface area contributed by atoms with Crippen LogP contribution < -0.4 is 0 Å². The number of hydrogen-bond donors (Lipinski definition) is 1. The second-order valence-electron chi connectivity index (χ2n) is 4.16. The highest BCUT2D eigenvalue weighted by Gasteiger charge is 2.12. The minimum absolute atomic E-state index is 0.0657. The van der Waals surface area contributed by atoms with Crippen LogP contribution in [0.5, 0.6) is 0 Å². The number of nitrogens with one attached hydrogen (secondary N) is 1. The minimum atomic E-state index is -0.420. The Hall–Kier alpha value is -2.33. The molecule has 94 valence electrons. The van der Waals surface area contributed by atoms with Crippen LogP contribution in [0, 0.1) is 10.1 Å². The molecule has 2 aromatic carbocycles. The number of hydrogen-bond acceptors (Lipinski definition) is 2. The second kappa shape index (κ2) is 4.40. The van der Waals surface area contributed by atoms with Gasteiger partial charge >= 0.3 is 0 Å². The lowest BCUT2D eigenvalue weighted by molar-refractivity contribution is -0.384. The fraction of sp³-hybridized carbons (Fsp3) is 0. The smallest absolute Gasteiger partial charge is 0.269 e. The topological polar surface area (TPSA) is 58.9 Å². The van der Waals surface area contributed by atoms with E-state index in [4.69, 9.17) is 11.6 Å². The lowest BCUT2D eigenvalue weighted by Gasteiger charge is -1.99. The highest BCUT2D eigenvalue weighted by molar-refractivity contribution is 6.38. The van der Waals surface area contributed by atoms with Crippen LogP contribution in [-0.2, 0) is 0 Å². The summed E-state index contributed by atoms with van der Waals surface area (Å²) in [7, 11) is 0. The van der Waals surface area contributed by atoms with E-state index in [0.29, 0.717) is 5.02 Å². The molecule has 0 fully saturated rings. The lowest BCUT2D eigenvalue weighted by Crippen LogP contribution is -1.87. The zero-order valence-electron chi connectivity index (χ0n) is 9.76. The van der Waals surface area contributed by atoms with E-state index in [1.165, 1.54) is 12.1 Å². The quantitative estimate of drug-likeness (QED) is 0.555. The first-order valence-electron chi connectivity index (χ1n) is 5.68. The van der Waals surface area contributed by atoms with E-state index in [-0.39, 0.29) is 5.69 Å². The van der Waals surface area contributed by atoms with Gasteiger partial charge in [-0.1, -0.05) is 29.8 Å². The summed E-state index contributed by atoms with van der Waals surface area (Å²) in [5.41, 5.74) is 2.61. The summed E-state index contributed by atoms with van der Waals surface area (Å²) < 4.78 is 0. The van der Waals surface area contributed by atoms with Crippen molar-refractivity contribution in [1.82, 2.24) is 4.98 Å². The van der Waals surface area contributed by atoms with Crippen LogP contribution in [-0.4, -0.2) is 9.91 Å². The molecule has 0 aliphatic heterocycles. The van der Waals surface area contributed by atoms with E-state index in [9.17, 15) is 10.1 Å². The molecule has 1 heterocycles. The first-order valence-corrected chi connectivity index (χ1v) is 6.05. The van der Waals surface area contributed by atoms with Gasteiger partial charge in [0.1, 0.15) is 0 Å². The molecule has 0 spiro atoms. The standard InChI is InChI=1S/C14H9ClN2O2/c15-13-11-3-1-2-4-12(11)16-14(13)9-5-7-10(8-6-9)17(18)19/h1-8,16H. The molecule has 4 nitrogen and oxygen atoms in total. The number of para-hydroxylation sites is 1. The molecule has 19 heavy (non-hydrogen) atoms. The molecule has 0 unspecified atom stereocenters. The van der Waals surface area contributed by atoms with Crippen LogP contribution in [0.25, 0.3) is 22.2 Å². The molecule has 0 saturated carbocycles. The molecule has 3 aromatic rings. The van der Waals surface area contributed by atoms with Crippen molar-refractivity contribution < 1.29 is 4.92 Å². The van der Waals surface area contributed by atoms with Crippen molar-refractivity contribution in [3.63, 3.8) is 0 Å². The number of nitro benzene ring substituents is 1. The third kappa shape index (κ3) is 1.96. The Balaban J connectivity index is 2.13. The maximum atomic E-state index is 10.6. The molecule has 0 aliphatic carbocycles. The molecule has 5 heteroatoms.